The van der Waals surface area contributed by atoms with Crippen molar-refractivity contribution < 1.29 is 9.53 Å². The second kappa shape index (κ2) is 10.5. The molecule has 1 aliphatic carbocycles. The van der Waals surface area contributed by atoms with Gasteiger partial charge in [-0.15, -0.1) is 0 Å². The summed E-state index contributed by atoms with van der Waals surface area (Å²) in [7, 11) is 3.24. The highest BCUT2D eigenvalue weighted by Gasteiger charge is 2.23. The Morgan fingerprint density at radius 3 is 2.45 bits per heavy atom. The zero-order chi connectivity index (χ0) is 16.4. The molecule has 1 aliphatic rings. The third-order valence-corrected chi connectivity index (χ3v) is 4.61. The fourth-order valence-electron chi connectivity index (χ4n) is 3.02. The van der Waals surface area contributed by atoms with E-state index in [2.05, 4.69) is 34.2 Å². The Kier molecular flexibility index (Phi) is 8.94. The highest BCUT2D eigenvalue weighted by atomic mass is 16.5. The lowest BCUT2D eigenvalue weighted by atomic mass is 9.80. The molecular weight excluding hydrogens is 278 g/mol. The van der Waals surface area contributed by atoms with Crippen molar-refractivity contribution in [2.45, 2.75) is 64.8 Å². The van der Waals surface area contributed by atoms with Crippen molar-refractivity contribution in [3.8, 4) is 0 Å². The van der Waals surface area contributed by atoms with Crippen LogP contribution < -0.4 is 10.6 Å². The van der Waals surface area contributed by atoms with Crippen LogP contribution >= 0.6 is 0 Å². The van der Waals surface area contributed by atoms with E-state index in [0.717, 1.165) is 37.2 Å². The van der Waals surface area contributed by atoms with Crippen molar-refractivity contribution in [1.29, 1.82) is 0 Å². The molecule has 1 saturated carbocycles. The van der Waals surface area contributed by atoms with Crippen molar-refractivity contribution in [3.05, 3.63) is 0 Å². The molecule has 5 nitrogen and oxygen atoms in total. The molecule has 0 aromatic rings. The van der Waals surface area contributed by atoms with Crippen LogP contribution in [-0.4, -0.2) is 38.7 Å². The second-order valence-electron chi connectivity index (χ2n) is 6.53. The van der Waals surface area contributed by atoms with Gasteiger partial charge in [-0.05, 0) is 50.4 Å². The van der Waals surface area contributed by atoms with Crippen molar-refractivity contribution in [2.24, 2.45) is 16.8 Å². The summed E-state index contributed by atoms with van der Waals surface area (Å²) < 4.78 is 4.63. The van der Waals surface area contributed by atoms with Gasteiger partial charge in [-0.3, -0.25) is 9.79 Å². The van der Waals surface area contributed by atoms with Gasteiger partial charge < -0.3 is 15.4 Å². The van der Waals surface area contributed by atoms with Gasteiger partial charge in [0.25, 0.3) is 0 Å². The van der Waals surface area contributed by atoms with Gasteiger partial charge in [0.1, 0.15) is 0 Å². The number of carbonyl (C=O) groups is 1. The van der Waals surface area contributed by atoms with Crippen molar-refractivity contribution in [1.82, 2.24) is 10.6 Å². The summed E-state index contributed by atoms with van der Waals surface area (Å²) >= 11 is 0. The molecule has 0 radical (unpaired) electrons. The number of aliphatic imine (C=N–C) groups is 1. The predicted molar refractivity (Wildman–Crippen MR) is 90.9 cm³/mol. The van der Waals surface area contributed by atoms with Crippen LogP contribution in [0.25, 0.3) is 0 Å². The van der Waals surface area contributed by atoms with Crippen LogP contribution in [0.1, 0.15) is 58.8 Å². The second-order valence-corrected chi connectivity index (χ2v) is 6.53. The van der Waals surface area contributed by atoms with E-state index in [1.807, 2.05) is 7.05 Å². The molecule has 0 unspecified atom stereocenters. The minimum Gasteiger partial charge on any atom is -0.469 e. The van der Waals surface area contributed by atoms with Crippen LogP contribution in [-0.2, 0) is 9.53 Å². The first-order chi connectivity index (χ1) is 10.6. The third kappa shape index (κ3) is 7.14. The lowest BCUT2D eigenvalue weighted by molar-refractivity contribution is -0.140. The molecule has 0 amide bonds. The first-order valence-corrected chi connectivity index (χ1v) is 8.60. The zero-order valence-electron chi connectivity index (χ0n) is 14.7. The Balaban J connectivity index is 2.17. The fraction of sp³-hybridized carbons (Fsp3) is 0.882. The molecule has 128 valence electrons. The first-order valence-electron chi connectivity index (χ1n) is 8.60. The van der Waals surface area contributed by atoms with Crippen molar-refractivity contribution >= 4 is 11.9 Å². The Bertz CT molecular complexity index is 348. The van der Waals surface area contributed by atoms with Gasteiger partial charge >= 0.3 is 5.97 Å². The number of nitrogens with one attached hydrogen (secondary N) is 2. The number of hydrogen-bond acceptors (Lipinski definition) is 3. The molecule has 0 saturated heterocycles. The lowest BCUT2D eigenvalue weighted by Gasteiger charge is -2.32. The highest BCUT2D eigenvalue weighted by Crippen LogP contribution is 2.29. The van der Waals surface area contributed by atoms with Crippen molar-refractivity contribution in [2.75, 3.05) is 20.7 Å². The maximum atomic E-state index is 11.0. The van der Waals surface area contributed by atoms with E-state index in [1.165, 1.54) is 32.8 Å². The van der Waals surface area contributed by atoms with Gasteiger partial charge in [0.2, 0.25) is 0 Å². The van der Waals surface area contributed by atoms with E-state index in [-0.39, 0.29) is 5.97 Å². The Morgan fingerprint density at radius 1 is 1.23 bits per heavy atom. The molecule has 0 heterocycles. The molecule has 2 N–H and O–H groups in total. The van der Waals surface area contributed by atoms with Crippen LogP contribution in [0.2, 0.25) is 0 Å². The lowest BCUT2D eigenvalue weighted by Crippen LogP contribution is -2.45. The molecule has 0 bridgehead atoms. The normalized spacial score (nSPS) is 22.5. The predicted octanol–water partition coefficient (Wildman–Crippen LogP) is 2.71. The number of esters is 1. The minimum atomic E-state index is -0.135. The summed E-state index contributed by atoms with van der Waals surface area (Å²) in [5.41, 5.74) is 0. The molecule has 0 atom stereocenters. The molecule has 0 aromatic heterocycles. The number of rotatable bonds is 7. The number of carbonyl (C=O) groups excluding carboxylic acids is 1. The van der Waals surface area contributed by atoms with Crippen LogP contribution in [0.15, 0.2) is 4.99 Å². The van der Waals surface area contributed by atoms with Crippen molar-refractivity contribution in [3.63, 3.8) is 0 Å². The van der Waals surface area contributed by atoms with E-state index in [1.54, 1.807) is 0 Å². The Labute approximate surface area is 135 Å². The molecular formula is C17H33N3O2. The van der Waals surface area contributed by atoms with Gasteiger partial charge in [-0.1, -0.05) is 13.8 Å². The molecule has 1 rings (SSSR count). The molecule has 5 heteroatoms. The van der Waals surface area contributed by atoms with Gasteiger partial charge in [0, 0.05) is 26.1 Å². The maximum Gasteiger partial charge on any atom is 0.305 e. The SMILES string of the molecule is CN=C(NCCCCC(=O)OC)NC1CCC(C(C)C)CC1. The minimum absolute atomic E-state index is 0.135. The molecule has 0 aromatic carbocycles. The van der Waals surface area contributed by atoms with Gasteiger partial charge in [0.05, 0.1) is 7.11 Å². The third-order valence-electron chi connectivity index (χ3n) is 4.61. The summed E-state index contributed by atoms with van der Waals surface area (Å²) in [6.07, 6.45) is 7.35. The quantitative estimate of drug-likeness (QED) is 0.328. The maximum absolute atomic E-state index is 11.0. The van der Waals surface area contributed by atoms with E-state index in [0.29, 0.717) is 12.5 Å². The average Bonchev–Trinajstić information content (AvgIpc) is 2.53. The highest BCUT2D eigenvalue weighted by molar-refractivity contribution is 5.79. The molecule has 22 heavy (non-hydrogen) atoms. The monoisotopic (exact) mass is 311 g/mol. The zero-order valence-corrected chi connectivity index (χ0v) is 14.7. The topological polar surface area (TPSA) is 62.7 Å². The van der Waals surface area contributed by atoms with E-state index in [9.17, 15) is 4.79 Å². The number of methoxy groups -OCH3 is 1. The summed E-state index contributed by atoms with van der Waals surface area (Å²) in [6.45, 7) is 5.48. The van der Waals surface area contributed by atoms with Crippen LogP contribution in [0.5, 0.6) is 0 Å². The van der Waals surface area contributed by atoms with Crippen LogP contribution in [0.4, 0.5) is 0 Å². The Hall–Kier alpha value is -1.26. The number of hydrogen-bond donors (Lipinski definition) is 2. The average molecular weight is 311 g/mol. The van der Waals surface area contributed by atoms with E-state index in [4.69, 9.17) is 0 Å². The van der Waals surface area contributed by atoms with Gasteiger partial charge in [-0.25, -0.2) is 0 Å². The first kappa shape index (κ1) is 18.8. The summed E-state index contributed by atoms with van der Waals surface area (Å²) in [5.74, 6) is 2.43. The smallest absolute Gasteiger partial charge is 0.305 e. The molecule has 0 aliphatic heterocycles. The largest absolute Gasteiger partial charge is 0.469 e. The van der Waals surface area contributed by atoms with Gasteiger partial charge in [0.15, 0.2) is 5.96 Å². The summed E-state index contributed by atoms with van der Waals surface area (Å²) in [6, 6.07) is 0.538. The molecule has 1 fully saturated rings. The number of ether oxygens (including phenoxy) is 1. The standard InChI is InChI=1S/C17H33N3O2/c1-13(2)14-8-10-15(11-9-14)20-17(18-3)19-12-6-5-7-16(21)22-4/h13-15H,5-12H2,1-4H3,(H2,18,19,20). The summed E-state index contributed by atoms with van der Waals surface area (Å²) in [5, 5.41) is 6.85. The fourth-order valence-corrected chi connectivity index (χ4v) is 3.02. The Morgan fingerprint density at radius 2 is 1.91 bits per heavy atom. The number of nitrogens with zero attached hydrogens (tertiary/aromatic N) is 1. The number of guanidine groups is 1. The van der Waals surface area contributed by atoms with Gasteiger partial charge in [-0.2, -0.15) is 0 Å². The molecule has 0 spiro atoms. The van der Waals surface area contributed by atoms with Crippen LogP contribution in [0.3, 0.4) is 0 Å². The number of unbranched alkanes of at least 4 members (excludes halogenated alkanes) is 1. The van der Waals surface area contributed by atoms with E-state index < -0.39 is 0 Å². The summed E-state index contributed by atoms with van der Waals surface area (Å²) in [4.78, 5) is 15.3. The van der Waals surface area contributed by atoms with Crippen LogP contribution in [0, 0.1) is 11.8 Å². The van der Waals surface area contributed by atoms with E-state index >= 15 is 0 Å².